The molecule has 130 valence electrons. The maximum atomic E-state index is 12.6. The van der Waals surface area contributed by atoms with Gasteiger partial charge in [-0.15, -0.1) is 0 Å². The lowest BCUT2D eigenvalue weighted by Crippen LogP contribution is -1.97. The van der Waals surface area contributed by atoms with Crippen molar-refractivity contribution in [2.75, 3.05) is 0 Å². The Morgan fingerprint density at radius 3 is 1.56 bits per heavy atom. The molecule has 1 saturated heterocycles. The van der Waals surface area contributed by atoms with Crippen molar-refractivity contribution in [3.63, 3.8) is 0 Å². The quantitative estimate of drug-likeness (QED) is 0.502. The van der Waals surface area contributed by atoms with Crippen molar-refractivity contribution in [3.05, 3.63) is 83.4 Å². The molecule has 2 aromatic carbocycles. The van der Waals surface area contributed by atoms with Crippen LogP contribution in [0.3, 0.4) is 0 Å². The topological polar surface area (TPSA) is 12.5 Å². The Bertz CT molecular complexity index is 718. The third kappa shape index (κ3) is 3.98. The summed E-state index contributed by atoms with van der Waals surface area (Å²) >= 11 is 0. The molecule has 0 amide bonds. The Hall–Kier alpha value is -2.00. The van der Waals surface area contributed by atoms with Gasteiger partial charge in [-0.3, -0.25) is 0 Å². The van der Waals surface area contributed by atoms with Gasteiger partial charge in [-0.05, 0) is 72.9 Å². The predicted octanol–water partition coefficient (Wildman–Crippen LogP) is 5.73. The second-order valence-electron chi connectivity index (χ2n) is 7.12. The van der Waals surface area contributed by atoms with Crippen LogP contribution in [0, 0.1) is 11.6 Å². The van der Waals surface area contributed by atoms with Crippen LogP contribution in [0.15, 0.2) is 60.7 Å². The summed E-state index contributed by atoms with van der Waals surface area (Å²) in [5.74, 6) is 0.891. The van der Waals surface area contributed by atoms with Crippen LogP contribution in [-0.4, -0.2) is 12.2 Å². The Morgan fingerprint density at radius 2 is 1.08 bits per heavy atom. The van der Waals surface area contributed by atoms with Crippen molar-refractivity contribution in [2.24, 2.45) is 0 Å². The highest BCUT2D eigenvalue weighted by Gasteiger charge is 2.48. The molecule has 1 heterocycles. The van der Waals surface area contributed by atoms with Gasteiger partial charge in [0.2, 0.25) is 0 Å². The summed E-state index contributed by atoms with van der Waals surface area (Å²) in [6, 6.07) is 13.7. The van der Waals surface area contributed by atoms with Crippen LogP contribution in [0.4, 0.5) is 8.78 Å². The van der Waals surface area contributed by atoms with Gasteiger partial charge in [-0.25, -0.2) is 8.78 Å². The van der Waals surface area contributed by atoms with Crippen molar-refractivity contribution in [2.45, 2.75) is 49.7 Å². The number of hydrogen-bond donors (Lipinski definition) is 0. The van der Waals surface area contributed by atoms with Crippen LogP contribution < -0.4 is 0 Å². The molecule has 0 bridgehead atoms. The maximum absolute atomic E-state index is 12.6. The smallest absolute Gasteiger partial charge is 0.123 e. The average Bonchev–Trinajstić information content (AvgIpc) is 3.05. The van der Waals surface area contributed by atoms with Crippen LogP contribution in [0.25, 0.3) is 0 Å². The van der Waals surface area contributed by atoms with E-state index >= 15 is 0 Å². The second-order valence-corrected chi connectivity index (χ2v) is 7.12. The summed E-state index contributed by atoms with van der Waals surface area (Å²) in [7, 11) is 0. The molecule has 2 fully saturated rings. The van der Waals surface area contributed by atoms with Crippen molar-refractivity contribution in [3.8, 4) is 0 Å². The normalized spacial score (nSPS) is 26.9. The first-order valence-corrected chi connectivity index (χ1v) is 9.00. The predicted molar refractivity (Wildman–Crippen MR) is 94.6 cm³/mol. The lowest BCUT2D eigenvalue weighted by Gasteiger charge is -2.10. The third-order valence-electron chi connectivity index (χ3n) is 5.41. The van der Waals surface area contributed by atoms with Gasteiger partial charge in [0.15, 0.2) is 0 Å². The highest BCUT2D eigenvalue weighted by Crippen LogP contribution is 2.46. The fourth-order valence-corrected chi connectivity index (χ4v) is 3.88. The fourth-order valence-electron chi connectivity index (χ4n) is 3.88. The third-order valence-corrected chi connectivity index (χ3v) is 5.41. The van der Waals surface area contributed by atoms with E-state index in [0.29, 0.717) is 24.0 Å². The largest absolute Gasteiger partial charge is 0.370 e. The molecule has 1 saturated carbocycles. The number of rotatable bonds is 2. The van der Waals surface area contributed by atoms with Crippen molar-refractivity contribution >= 4 is 0 Å². The molecule has 1 aliphatic heterocycles. The summed E-state index contributed by atoms with van der Waals surface area (Å²) < 4.78 is 30.5. The molecule has 3 heteroatoms. The number of epoxide rings is 1. The molecule has 0 N–H and O–H groups in total. The van der Waals surface area contributed by atoms with Gasteiger partial charge in [0.1, 0.15) is 11.6 Å². The molecule has 3 atom stereocenters. The van der Waals surface area contributed by atoms with Gasteiger partial charge in [0, 0.05) is 0 Å². The zero-order chi connectivity index (χ0) is 17.2. The minimum atomic E-state index is -0.150. The molecule has 0 aromatic heterocycles. The zero-order valence-electron chi connectivity index (χ0n) is 14.1. The van der Waals surface area contributed by atoms with Gasteiger partial charge >= 0.3 is 0 Å². The molecule has 2 aromatic rings. The number of ether oxygens (including phenoxy) is 1. The summed E-state index contributed by atoms with van der Waals surface area (Å²) in [6.07, 6.45) is 9.84. The van der Waals surface area contributed by atoms with E-state index < -0.39 is 0 Å². The maximum Gasteiger partial charge on any atom is 0.123 e. The van der Waals surface area contributed by atoms with Gasteiger partial charge in [-0.2, -0.15) is 0 Å². The molecular weight excluding hydrogens is 318 g/mol. The van der Waals surface area contributed by atoms with Gasteiger partial charge in [-0.1, -0.05) is 36.4 Å². The van der Waals surface area contributed by atoms with Crippen LogP contribution in [-0.2, 0) is 4.74 Å². The molecule has 3 aliphatic rings. The van der Waals surface area contributed by atoms with Crippen LogP contribution >= 0.6 is 0 Å². The number of allylic oxidation sites excluding steroid dienone is 2. The monoisotopic (exact) mass is 340 g/mol. The van der Waals surface area contributed by atoms with Crippen molar-refractivity contribution < 1.29 is 13.5 Å². The zero-order valence-corrected chi connectivity index (χ0v) is 14.1. The number of halogens is 2. The Kier molecular flexibility index (Phi) is 4.67. The van der Waals surface area contributed by atoms with E-state index in [1.807, 2.05) is 24.3 Å². The number of benzene rings is 2. The molecule has 0 spiro atoms. The van der Waals surface area contributed by atoms with Gasteiger partial charge in [0.25, 0.3) is 0 Å². The Labute approximate surface area is 147 Å². The molecule has 1 unspecified atom stereocenters. The molecule has 25 heavy (non-hydrogen) atoms. The summed E-state index contributed by atoms with van der Waals surface area (Å²) in [5.41, 5.74) is 2.51. The van der Waals surface area contributed by atoms with E-state index in [-0.39, 0.29) is 11.6 Å². The Balaban J connectivity index is 0.000000126. The second kappa shape index (κ2) is 7.09. The summed E-state index contributed by atoms with van der Waals surface area (Å²) in [5, 5.41) is 0. The van der Waals surface area contributed by atoms with E-state index in [1.165, 1.54) is 23.3 Å². The minimum absolute atomic E-state index is 0.148. The number of fused-ring (bicyclic) bond motifs is 1. The molecule has 0 radical (unpaired) electrons. The van der Waals surface area contributed by atoms with Crippen molar-refractivity contribution in [1.82, 2.24) is 0 Å². The molecule has 5 rings (SSSR count). The molecular formula is C22H22F2O. The molecule has 2 aliphatic carbocycles. The van der Waals surface area contributed by atoms with Gasteiger partial charge in [0.05, 0.1) is 12.2 Å². The highest BCUT2D eigenvalue weighted by molar-refractivity contribution is 5.24. The SMILES string of the molecule is Fc1ccc(C2CC=CC2)cc1.Fc1ccc(C2C[C@@H]3O[C@@H]3C2)cc1. The lowest BCUT2D eigenvalue weighted by atomic mass is 9.97. The van der Waals surface area contributed by atoms with E-state index in [4.69, 9.17) is 4.74 Å². The van der Waals surface area contributed by atoms with Gasteiger partial charge < -0.3 is 4.74 Å². The fraction of sp³-hybridized carbons (Fsp3) is 0.364. The van der Waals surface area contributed by atoms with Crippen LogP contribution in [0.2, 0.25) is 0 Å². The van der Waals surface area contributed by atoms with E-state index in [1.54, 1.807) is 12.1 Å². The minimum Gasteiger partial charge on any atom is -0.370 e. The highest BCUT2D eigenvalue weighted by atomic mass is 19.1. The first-order valence-electron chi connectivity index (χ1n) is 9.00. The summed E-state index contributed by atoms with van der Waals surface area (Å²) in [6.45, 7) is 0. The average molecular weight is 340 g/mol. The first-order chi connectivity index (χ1) is 12.2. The summed E-state index contributed by atoms with van der Waals surface area (Å²) in [4.78, 5) is 0. The van der Waals surface area contributed by atoms with E-state index in [2.05, 4.69) is 12.2 Å². The number of hydrogen-bond acceptors (Lipinski definition) is 1. The standard InChI is InChI=1S/C11H11FO.C11H11F/c12-9-3-1-7(2-4-9)8-5-10-11(6-8)13-10;12-11-7-5-10(6-8-11)9-3-1-2-4-9/h1-4,8,10-11H,5-6H2;1-2,5-9H,3-4H2/t8?,10-,11+;. The van der Waals surface area contributed by atoms with Crippen LogP contribution in [0.5, 0.6) is 0 Å². The Morgan fingerprint density at radius 1 is 0.640 bits per heavy atom. The van der Waals surface area contributed by atoms with E-state index in [9.17, 15) is 8.78 Å². The molecule has 1 nitrogen and oxygen atoms in total. The van der Waals surface area contributed by atoms with E-state index in [0.717, 1.165) is 25.7 Å². The first kappa shape index (κ1) is 16.5. The van der Waals surface area contributed by atoms with Crippen LogP contribution in [0.1, 0.15) is 48.6 Å². The van der Waals surface area contributed by atoms with Crippen molar-refractivity contribution in [1.29, 1.82) is 0 Å². The lowest BCUT2D eigenvalue weighted by molar-refractivity contribution is 0.304.